The van der Waals surface area contributed by atoms with Crippen LogP contribution in [0, 0.1) is 0 Å². The fraction of sp³-hybridized carbons (Fsp3) is 0.308. The maximum atomic E-state index is 12.1. The van der Waals surface area contributed by atoms with Gasteiger partial charge in [0.05, 0.1) is 5.25 Å². The summed E-state index contributed by atoms with van der Waals surface area (Å²) in [4.78, 5) is 16.4. The highest BCUT2D eigenvalue weighted by Crippen LogP contribution is 2.26. The van der Waals surface area contributed by atoms with Crippen molar-refractivity contribution in [3.8, 4) is 0 Å². The first-order valence-corrected chi connectivity index (χ1v) is 7.89. The lowest BCUT2D eigenvalue weighted by Gasteiger charge is -2.10. The topological polar surface area (TPSA) is 80.9 Å². The number of nitrogens with two attached hydrogens (primary N) is 1. The number of anilines is 2. The molecule has 1 atom stereocenters. The van der Waals surface area contributed by atoms with Gasteiger partial charge in [0.2, 0.25) is 5.91 Å². The average Bonchev–Trinajstić information content (AvgIpc) is 2.86. The van der Waals surface area contributed by atoms with Crippen LogP contribution in [0.1, 0.15) is 19.7 Å². The van der Waals surface area contributed by atoms with Gasteiger partial charge in [-0.05, 0) is 36.7 Å². The molecule has 7 heteroatoms. The van der Waals surface area contributed by atoms with E-state index in [2.05, 4.69) is 14.7 Å². The van der Waals surface area contributed by atoms with Gasteiger partial charge in [-0.25, -0.2) is 4.98 Å². The third kappa shape index (κ3) is 3.94. The summed E-state index contributed by atoms with van der Waals surface area (Å²) in [6, 6.07) is 7.13. The molecule has 106 valence electrons. The first kappa shape index (κ1) is 14.8. The molecule has 1 amide bonds. The largest absolute Gasteiger partial charge is 0.399 e. The fourth-order valence-corrected chi connectivity index (χ4v) is 3.34. The molecule has 0 saturated heterocycles. The molecule has 0 aliphatic carbocycles. The van der Waals surface area contributed by atoms with Crippen molar-refractivity contribution in [1.82, 2.24) is 9.36 Å². The number of carbonyl (C=O) groups excluding carboxylic acids is 1. The van der Waals surface area contributed by atoms with Crippen molar-refractivity contribution in [2.75, 3.05) is 11.1 Å². The molecule has 0 radical (unpaired) electrons. The van der Waals surface area contributed by atoms with Gasteiger partial charge in [-0.1, -0.05) is 24.8 Å². The summed E-state index contributed by atoms with van der Waals surface area (Å²) in [7, 11) is 0. The summed E-state index contributed by atoms with van der Waals surface area (Å²) in [5.41, 5.74) is 7.01. The summed E-state index contributed by atoms with van der Waals surface area (Å²) < 4.78 is 5.02. The maximum absolute atomic E-state index is 12.1. The minimum Gasteiger partial charge on any atom is -0.399 e. The lowest BCUT2D eigenvalue weighted by molar-refractivity contribution is -0.115. The number of thioether (sulfide) groups is 1. The van der Waals surface area contributed by atoms with Crippen molar-refractivity contribution in [3.05, 3.63) is 30.1 Å². The van der Waals surface area contributed by atoms with E-state index in [-0.39, 0.29) is 11.2 Å². The van der Waals surface area contributed by atoms with E-state index < -0.39 is 0 Å². The number of nitrogen functional groups attached to an aromatic ring is 1. The SMILES string of the molecule is CCc1nsc(SC(C)C(=O)Nc2cccc(N)c2)n1. The van der Waals surface area contributed by atoms with E-state index in [1.54, 1.807) is 18.2 Å². The number of nitrogens with one attached hydrogen (secondary N) is 1. The number of amides is 1. The molecule has 1 aromatic heterocycles. The lowest BCUT2D eigenvalue weighted by atomic mass is 10.3. The van der Waals surface area contributed by atoms with Crippen molar-refractivity contribution in [2.24, 2.45) is 0 Å². The number of nitrogens with zero attached hydrogens (tertiary/aromatic N) is 2. The van der Waals surface area contributed by atoms with Crippen LogP contribution in [0.2, 0.25) is 0 Å². The molecule has 0 fully saturated rings. The smallest absolute Gasteiger partial charge is 0.237 e. The third-order valence-electron chi connectivity index (χ3n) is 2.57. The van der Waals surface area contributed by atoms with Crippen LogP contribution in [0.3, 0.4) is 0 Å². The van der Waals surface area contributed by atoms with E-state index in [9.17, 15) is 4.79 Å². The Kier molecular flexibility index (Phi) is 4.97. The zero-order chi connectivity index (χ0) is 14.5. The van der Waals surface area contributed by atoms with Crippen LogP contribution < -0.4 is 11.1 Å². The second kappa shape index (κ2) is 6.71. The Morgan fingerprint density at radius 1 is 1.55 bits per heavy atom. The van der Waals surface area contributed by atoms with Gasteiger partial charge in [-0.2, -0.15) is 4.37 Å². The molecule has 1 heterocycles. The van der Waals surface area contributed by atoms with Gasteiger partial charge in [0.25, 0.3) is 0 Å². The number of hydrogen-bond donors (Lipinski definition) is 2. The highest BCUT2D eigenvalue weighted by atomic mass is 32.2. The van der Waals surface area contributed by atoms with Crippen LogP contribution in [0.4, 0.5) is 11.4 Å². The summed E-state index contributed by atoms with van der Waals surface area (Å²) in [5.74, 6) is 0.745. The van der Waals surface area contributed by atoms with E-state index >= 15 is 0 Å². The van der Waals surface area contributed by atoms with Gasteiger partial charge in [-0.15, -0.1) is 0 Å². The Balaban J connectivity index is 1.95. The minimum absolute atomic E-state index is 0.0751. The minimum atomic E-state index is -0.242. The molecule has 5 nitrogen and oxygen atoms in total. The zero-order valence-corrected chi connectivity index (χ0v) is 12.9. The van der Waals surface area contributed by atoms with Crippen LogP contribution >= 0.6 is 23.3 Å². The average molecular weight is 308 g/mol. The Labute approximate surface area is 126 Å². The summed E-state index contributed by atoms with van der Waals surface area (Å²) in [6.45, 7) is 3.85. The molecule has 0 spiro atoms. The van der Waals surface area contributed by atoms with Gasteiger partial charge in [0.1, 0.15) is 5.82 Å². The number of hydrogen-bond acceptors (Lipinski definition) is 6. The van der Waals surface area contributed by atoms with E-state index in [0.717, 1.165) is 16.6 Å². The molecule has 2 aromatic rings. The standard InChI is InChI=1S/C13H16N4OS2/c1-3-11-16-13(20-17-11)19-8(2)12(18)15-10-6-4-5-9(14)7-10/h4-8H,3,14H2,1-2H3,(H,15,18). The van der Waals surface area contributed by atoms with Gasteiger partial charge < -0.3 is 11.1 Å². The monoisotopic (exact) mass is 308 g/mol. The van der Waals surface area contributed by atoms with Crippen molar-refractivity contribution in [3.63, 3.8) is 0 Å². The van der Waals surface area contributed by atoms with Crippen molar-refractivity contribution in [2.45, 2.75) is 29.9 Å². The first-order valence-electron chi connectivity index (χ1n) is 6.24. The first-order chi connectivity index (χ1) is 9.58. The number of aromatic nitrogens is 2. The van der Waals surface area contributed by atoms with Crippen LogP contribution in [0.5, 0.6) is 0 Å². The molecule has 0 aliphatic rings. The van der Waals surface area contributed by atoms with Gasteiger partial charge in [0.15, 0.2) is 4.34 Å². The fourth-order valence-electron chi connectivity index (χ4n) is 1.49. The van der Waals surface area contributed by atoms with Crippen LogP contribution in [-0.2, 0) is 11.2 Å². The van der Waals surface area contributed by atoms with E-state index in [1.807, 2.05) is 19.9 Å². The summed E-state index contributed by atoms with van der Waals surface area (Å²) in [5, 5.41) is 2.60. The van der Waals surface area contributed by atoms with Crippen molar-refractivity contribution >= 4 is 40.6 Å². The zero-order valence-electron chi connectivity index (χ0n) is 11.3. The van der Waals surface area contributed by atoms with Gasteiger partial charge in [-0.3, -0.25) is 4.79 Å². The van der Waals surface area contributed by atoms with Crippen molar-refractivity contribution in [1.29, 1.82) is 0 Å². The number of benzene rings is 1. The second-order valence-corrected chi connectivity index (χ2v) is 6.54. The molecule has 1 aromatic carbocycles. The molecular formula is C13H16N4OS2. The Bertz CT molecular complexity index is 600. The molecular weight excluding hydrogens is 292 g/mol. The van der Waals surface area contributed by atoms with Crippen LogP contribution in [0.25, 0.3) is 0 Å². The number of rotatable bonds is 5. The highest BCUT2D eigenvalue weighted by Gasteiger charge is 2.17. The molecule has 0 aliphatic heterocycles. The second-order valence-electron chi connectivity index (χ2n) is 4.20. The normalized spacial score (nSPS) is 12.1. The molecule has 0 saturated carbocycles. The van der Waals surface area contributed by atoms with Crippen LogP contribution in [-0.4, -0.2) is 20.5 Å². The molecule has 20 heavy (non-hydrogen) atoms. The van der Waals surface area contributed by atoms with Gasteiger partial charge in [0, 0.05) is 17.8 Å². The molecule has 3 N–H and O–H groups in total. The highest BCUT2D eigenvalue weighted by molar-refractivity contribution is 8.02. The van der Waals surface area contributed by atoms with Crippen molar-refractivity contribution < 1.29 is 4.79 Å². The molecule has 2 rings (SSSR count). The maximum Gasteiger partial charge on any atom is 0.237 e. The Hall–Kier alpha value is -1.60. The number of aryl methyl sites for hydroxylation is 1. The summed E-state index contributed by atoms with van der Waals surface area (Å²) in [6.07, 6.45) is 0.806. The quantitative estimate of drug-likeness (QED) is 0.656. The Morgan fingerprint density at radius 3 is 3.00 bits per heavy atom. The summed E-state index contributed by atoms with van der Waals surface area (Å²) >= 11 is 2.74. The third-order valence-corrected chi connectivity index (χ3v) is 4.49. The van der Waals surface area contributed by atoms with E-state index in [4.69, 9.17) is 5.73 Å². The molecule has 0 bridgehead atoms. The van der Waals surface area contributed by atoms with Gasteiger partial charge >= 0.3 is 0 Å². The predicted molar refractivity (Wildman–Crippen MR) is 84.1 cm³/mol. The number of carbonyl (C=O) groups is 1. The predicted octanol–water partition coefficient (Wildman–Crippen LogP) is 2.80. The Morgan fingerprint density at radius 2 is 2.35 bits per heavy atom. The van der Waals surface area contributed by atoms with E-state index in [1.165, 1.54) is 23.3 Å². The van der Waals surface area contributed by atoms with Crippen LogP contribution in [0.15, 0.2) is 28.6 Å². The lowest BCUT2D eigenvalue weighted by Crippen LogP contribution is -2.22. The molecule has 1 unspecified atom stereocenters. The van der Waals surface area contributed by atoms with E-state index in [0.29, 0.717) is 11.4 Å².